The molecule has 1 atom stereocenters. The first-order valence-electron chi connectivity index (χ1n) is 9.21. The lowest BCUT2D eigenvalue weighted by atomic mass is 10.1. The van der Waals surface area contributed by atoms with Crippen molar-refractivity contribution >= 4 is 11.7 Å². The number of amides is 1. The number of halogens is 1. The summed E-state index contributed by atoms with van der Waals surface area (Å²) in [6.07, 6.45) is 0.415. The van der Waals surface area contributed by atoms with Crippen molar-refractivity contribution in [3.63, 3.8) is 0 Å². The number of carbonyl (C=O) groups is 1. The van der Waals surface area contributed by atoms with Gasteiger partial charge in [0.25, 0.3) is 5.91 Å². The van der Waals surface area contributed by atoms with Crippen LogP contribution in [0, 0.1) is 12.7 Å². The number of nitrogens with zero attached hydrogens (tertiary/aromatic N) is 2. The van der Waals surface area contributed by atoms with Crippen molar-refractivity contribution in [2.45, 2.75) is 26.3 Å². The van der Waals surface area contributed by atoms with E-state index in [1.165, 1.54) is 6.07 Å². The van der Waals surface area contributed by atoms with Gasteiger partial charge in [0.15, 0.2) is 0 Å². The Bertz CT molecular complexity index is 946. The molecule has 0 saturated carbocycles. The molecule has 0 spiro atoms. The molecule has 6 heteroatoms. The van der Waals surface area contributed by atoms with E-state index < -0.39 is 0 Å². The molecule has 1 amide bonds. The second-order valence-electron chi connectivity index (χ2n) is 6.56. The fraction of sp³-hybridized carbons (Fsp3) is 0.227. The third-order valence-corrected chi connectivity index (χ3v) is 4.37. The summed E-state index contributed by atoms with van der Waals surface area (Å²) in [4.78, 5) is 21.0. The van der Waals surface area contributed by atoms with Crippen LogP contribution in [0.3, 0.4) is 0 Å². The zero-order chi connectivity index (χ0) is 19.9. The third-order valence-electron chi connectivity index (χ3n) is 4.37. The molecule has 0 fully saturated rings. The fourth-order valence-electron chi connectivity index (χ4n) is 2.91. The van der Waals surface area contributed by atoms with Crippen LogP contribution in [0.1, 0.15) is 40.4 Å². The summed E-state index contributed by atoms with van der Waals surface area (Å²) >= 11 is 0. The van der Waals surface area contributed by atoms with Gasteiger partial charge in [-0.05, 0) is 37.5 Å². The van der Waals surface area contributed by atoms with Crippen LogP contribution >= 0.6 is 0 Å². The van der Waals surface area contributed by atoms with E-state index in [1.54, 1.807) is 31.2 Å². The molecule has 144 valence electrons. The van der Waals surface area contributed by atoms with Crippen molar-refractivity contribution in [2.75, 3.05) is 11.9 Å². The first kappa shape index (κ1) is 19.5. The van der Waals surface area contributed by atoms with Gasteiger partial charge in [0, 0.05) is 18.7 Å². The lowest BCUT2D eigenvalue weighted by Gasteiger charge is -2.16. The van der Waals surface area contributed by atoms with Crippen molar-refractivity contribution in [3.05, 3.63) is 89.1 Å². The Balaban J connectivity index is 1.63. The first-order valence-corrected chi connectivity index (χ1v) is 9.21. The molecule has 0 aliphatic carbocycles. The van der Waals surface area contributed by atoms with Crippen molar-refractivity contribution < 1.29 is 9.18 Å². The molecule has 1 aromatic heterocycles. The summed E-state index contributed by atoms with van der Waals surface area (Å²) in [7, 11) is 0. The van der Waals surface area contributed by atoms with E-state index in [4.69, 9.17) is 0 Å². The highest BCUT2D eigenvalue weighted by atomic mass is 19.1. The van der Waals surface area contributed by atoms with E-state index >= 15 is 0 Å². The van der Waals surface area contributed by atoms with Gasteiger partial charge in [-0.2, -0.15) is 0 Å². The molecule has 3 rings (SSSR count). The molecule has 1 heterocycles. The van der Waals surface area contributed by atoms with E-state index in [1.807, 2.05) is 37.3 Å². The van der Waals surface area contributed by atoms with Gasteiger partial charge < -0.3 is 10.6 Å². The highest BCUT2D eigenvalue weighted by Gasteiger charge is 2.12. The zero-order valence-corrected chi connectivity index (χ0v) is 15.9. The average molecular weight is 378 g/mol. The number of hydrogen-bond donors (Lipinski definition) is 2. The van der Waals surface area contributed by atoms with Crippen molar-refractivity contribution in [3.8, 4) is 0 Å². The van der Waals surface area contributed by atoms with E-state index in [0.717, 1.165) is 5.56 Å². The van der Waals surface area contributed by atoms with Crippen LogP contribution in [-0.2, 0) is 6.42 Å². The molecule has 2 N–H and O–H groups in total. The molecule has 28 heavy (non-hydrogen) atoms. The normalized spacial score (nSPS) is 11.7. The van der Waals surface area contributed by atoms with Crippen LogP contribution in [-0.4, -0.2) is 22.4 Å². The molecule has 0 bridgehead atoms. The van der Waals surface area contributed by atoms with Gasteiger partial charge in [-0.25, -0.2) is 14.4 Å². The van der Waals surface area contributed by atoms with E-state index in [0.29, 0.717) is 30.2 Å². The highest BCUT2D eigenvalue weighted by molar-refractivity contribution is 5.92. The van der Waals surface area contributed by atoms with Gasteiger partial charge in [-0.3, -0.25) is 4.79 Å². The lowest BCUT2D eigenvalue weighted by molar-refractivity contribution is 0.0948. The van der Waals surface area contributed by atoms with Crippen LogP contribution < -0.4 is 10.6 Å². The maximum absolute atomic E-state index is 13.7. The minimum Gasteiger partial charge on any atom is -0.363 e. The maximum atomic E-state index is 13.7. The molecular formula is C22H23FN4O. The fourth-order valence-corrected chi connectivity index (χ4v) is 2.91. The first-order chi connectivity index (χ1) is 13.5. The molecule has 0 aliphatic rings. The van der Waals surface area contributed by atoms with Gasteiger partial charge in [0.1, 0.15) is 23.2 Å². The summed E-state index contributed by atoms with van der Waals surface area (Å²) < 4.78 is 13.7. The Morgan fingerprint density at radius 1 is 1.07 bits per heavy atom. The van der Waals surface area contributed by atoms with E-state index in [-0.39, 0.29) is 23.5 Å². The largest absolute Gasteiger partial charge is 0.363 e. The van der Waals surface area contributed by atoms with Crippen LogP contribution in [0.25, 0.3) is 0 Å². The molecule has 3 aromatic rings. The summed E-state index contributed by atoms with van der Waals surface area (Å²) in [6, 6.07) is 18.2. The zero-order valence-electron chi connectivity index (χ0n) is 15.9. The van der Waals surface area contributed by atoms with Crippen molar-refractivity contribution in [2.24, 2.45) is 0 Å². The summed E-state index contributed by atoms with van der Waals surface area (Å²) in [6.45, 7) is 4.10. The van der Waals surface area contributed by atoms with Crippen molar-refractivity contribution in [1.82, 2.24) is 15.3 Å². The molecule has 1 unspecified atom stereocenters. The minimum atomic E-state index is -0.308. The lowest BCUT2D eigenvalue weighted by Crippen LogP contribution is -2.27. The summed E-state index contributed by atoms with van der Waals surface area (Å²) in [5, 5.41) is 6.09. The van der Waals surface area contributed by atoms with Gasteiger partial charge in [0.2, 0.25) is 0 Å². The van der Waals surface area contributed by atoms with E-state index in [9.17, 15) is 9.18 Å². The second kappa shape index (κ2) is 9.08. The maximum Gasteiger partial charge on any atom is 0.270 e. The molecule has 0 aliphatic heterocycles. The van der Waals surface area contributed by atoms with Crippen LogP contribution in [0.15, 0.2) is 60.7 Å². The average Bonchev–Trinajstić information content (AvgIpc) is 2.69. The number of carbonyl (C=O) groups excluding carboxylic acids is 1. The van der Waals surface area contributed by atoms with Gasteiger partial charge in [-0.1, -0.05) is 48.5 Å². The number of anilines is 1. The Hall–Kier alpha value is -3.28. The smallest absolute Gasteiger partial charge is 0.270 e. The van der Waals surface area contributed by atoms with Crippen LogP contribution in [0.4, 0.5) is 10.2 Å². The standard InChI is InChI=1S/C22H23FN4O/c1-15(17-8-4-3-5-9-17)25-21-14-20(26-16(2)27-21)22(28)24-13-12-18-10-6-7-11-19(18)23/h3-11,14-15H,12-13H2,1-2H3,(H,24,28)(H,25,26,27). The quantitative estimate of drug-likeness (QED) is 0.650. The molecule has 0 radical (unpaired) electrons. The SMILES string of the molecule is Cc1nc(NC(C)c2ccccc2)cc(C(=O)NCCc2ccccc2F)n1. The van der Waals surface area contributed by atoms with Gasteiger partial charge in [-0.15, -0.1) is 0 Å². The monoisotopic (exact) mass is 378 g/mol. The molecule has 0 saturated heterocycles. The Labute approximate surface area is 164 Å². The number of nitrogens with one attached hydrogen (secondary N) is 2. The molecule has 2 aromatic carbocycles. The van der Waals surface area contributed by atoms with Gasteiger partial charge >= 0.3 is 0 Å². The summed E-state index contributed by atoms with van der Waals surface area (Å²) in [5.74, 6) is 0.515. The Morgan fingerprint density at radius 2 is 1.79 bits per heavy atom. The number of benzene rings is 2. The number of aromatic nitrogens is 2. The van der Waals surface area contributed by atoms with Crippen LogP contribution in [0.2, 0.25) is 0 Å². The minimum absolute atomic E-state index is 0.0347. The predicted molar refractivity (Wildman–Crippen MR) is 108 cm³/mol. The number of aryl methyl sites for hydroxylation is 1. The Kier molecular flexibility index (Phi) is 6.32. The number of rotatable bonds is 7. The third kappa shape index (κ3) is 5.13. The summed E-state index contributed by atoms with van der Waals surface area (Å²) in [5.41, 5.74) is 1.97. The Morgan fingerprint density at radius 3 is 2.54 bits per heavy atom. The second-order valence-corrected chi connectivity index (χ2v) is 6.56. The van der Waals surface area contributed by atoms with E-state index in [2.05, 4.69) is 20.6 Å². The topological polar surface area (TPSA) is 66.9 Å². The van der Waals surface area contributed by atoms with Crippen molar-refractivity contribution in [1.29, 1.82) is 0 Å². The number of hydrogen-bond acceptors (Lipinski definition) is 4. The molecular weight excluding hydrogens is 355 g/mol. The molecule has 5 nitrogen and oxygen atoms in total. The van der Waals surface area contributed by atoms with Gasteiger partial charge in [0.05, 0.1) is 0 Å². The predicted octanol–water partition coefficient (Wildman–Crippen LogP) is 4.07. The highest BCUT2D eigenvalue weighted by Crippen LogP contribution is 2.18. The van der Waals surface area contributed by atoms with Crippen LogP contribution in [0.5, 0.6) is 0 Å².